The molecule has 1 amide bonds. The normalized spacial score (nSPS) is 12.1. The predicted molar refractivity (Wildman–Crippen MR) is 84.0 cm³/mol. The van der Waals surface area contributed by atoms with Gasteiger partial charge in [-0.15, -0.1) is 0 Å². The van der Waals surface area contributed by atoms with Crippen molar-refractivity contribution in [1.82, 2.24) is 5.32 Å². The van der Waals surface area contributed by atoms with Crippen LogP contribution in [0.15, 0.2) is 18.2 Å². The molecule has 0 radical (unpaired) electrons. The van der Waals surface area contributed by atoms with Gasteiger partial charge in [-0.2, -0.15) is 0 Å². The van der Waals surface area contributed by atoms with E-state index in [-0.39, 0.29) is 11.9 Å². The van der Waals surface area contributed by atoms with Gasteiger partial charge in [0.2, 0.25) is 0 Å². The molecule has 0 fully saturated rings. The molecule has 1 atom stereocenters. The van der Waals surface area contributed by atoms with Gasteiger partial charge in [0.05, 0.1) is 14.2 Å². The molecule has 0 spiro atoms. The van der Waals surface area contributed by atoms with Crippen LogP contribution < -0.4 is 14.8 Å². The average Bonchev–Trinajstić information content (AvgIpc) is 2.45. The Bertz CT molecular complexity index is 449. The number of nitrogens with one attached hydrogen (secondary N) is 1. The molecular formula is C15H22BrNO3. The van der Waals surface area contributed by atoms with Gasteiger partial charge in [0.1, 0.15) is 0 Å². The van der Waals surface area contributed by atoms with Crippen molar-refractivity contribution in [1.29, 1.82) is 0 Å². The molecule has 4 nitrogen and oxygen atoms in total. The van der Waals surface area contributed by atoms with Crippen LogP contribution in [0.4, 0.5) is 0 Å². The SMILES string of the molecule is COc1ccc(C(=O)NC(CBr)CC(C)C)cc1OC. The Morgan fingerprint density at radius 2 is 1.90 bits per heavy atom. The maximum Gasteiger partial charge on any atom is 0.251 e. The summed E-state index contributed by atoms with van der Waals surface area (Å²) in [4.78, 5) is 12.2. The smallest absolute Gasteiger partial charge is 0.251 e. The summed E-state index contributed by atoms with van der Waals surface area (Å²) < 4.78 is 10.4. The molecule has 0 aliphatic heterocycles. The second-order valence-corrected chi connectivity index (χ2v) is 5.67. The molecule has 0 saturated heterocycles. The van der Waals surface area contributed by atoms with E-state index < -0.39 is 0 Å². The van der Waals surface area contributed by atoms with Crippen LogP contribution in [0.25, 0.3) is 0 Å². The summed E-state index contributed by atoms with van der Waals surface area (Å²) in [7, 11) is 3.13. The molecular weight excluding hydrogens is 322 g/mol. The fourth-order valence-electron chi connectivity index (χ4n) is 1.98. The lowest BCUT2D eigenvalue weighted by molar-refractivity contribution is 0.0936. The molecule has 1 rings (SSSR count). The molecule has 1 aromatic rings. The Labute approximate surface area is 129 Å². The maximum absolute atomic E-state index is 12.2. The van der Waals surface area contributed by atoms with Crippen LogP contribution in [0.3, 0.4) is 0 Å². The van der Waals surface area contributed by atoms with Crippen LogP contribution in [-0.4, -0.2) is 31.5 Å². The standard InChI is InChI=1S/C15H22BrNO3/c1-10(2)7-12(9-16)17-15(18)11-5-6-13(19-3)14(8-11)20-4/h5-6,8,10,12H,7,9H2,1-4H3,(H,17,18). The van der Waals surface area contributed by atoms with E-state index in [9.17, 15) is 4.79 Å². The van der Waals surface area contributed by atoms with Crippen molar-refractivity contribution in [2.24, 2.45) is 5.92 Å². The molecule has 5 heteroatoms. The molecule has 20 heavy (non-hydrogen) atoms. The summed E-state index contributed by atoms with van der Waals surface area (Å²) in [5, 5.41) is 3.76. The second-order valence-electron chi connectivity index (χ2n) is 5.02. The Kier molecular flexibility index (Phi) is 6.85. The number of carbonyl (C=O) groups is 1. The molecule has 0 bridgehead atoms. The minimum Gasteiger partial charge on any atom is -0.493 e. The lowest BCUT2D eigenvalue weighted by atomic mass is 10.0. The summed E-state index contributed by atoms with van der Waals surface area (Å²) in [5.41, 5.74) is 0.567. The Balaban J connectivity index is 2.81. The number of rotatable bonds is 7. The van der Waals surface area contributed by atoms with Crippen LogP contribution in [-0.2, 0) is 0 Å². The molecule has 1 N–H and O–H groups in total. The van der Waals surface area contributed by atoms with Crippen molar-refractivity contribution in [2.45, 2.75) is 26.3 Å². The highest BCUT2D eigenvalue weighted by atomic mass is 79.9. The molecule has 0 heterocycles. The third kappa shape index (κ3) is 4.71. The van der Waals surface area contributed by atoms with E-state index in [2.05, 4.69) is 35.1 Å². The van der Waals surface area contributed by atoms with Gasteiger partial charge in [0, 0.05) is 16.9 Å². The quantitative estimate of drug-likeness (QED) is 0.773. The number of alkyl halides is 1. The minimum atomic E-state index is -0.101. The molecule has 0 aromatic heterocycles. The molecule has 0 aliphatic carbocycles. The first-order chi connectivity index (χ1) is 9.51. The first-order valence-electron chi connectivity index (χ1n) is 6.60. The zero-order valence-electron chi connectivity index (χ0n) is 12.4. The summed E-state index contributed by atoms with van der Waals surface area (Å²) in [5.74, 6) is 1.60. The molecule has 1 aromatic carbocycles. The summed E-state index contributed by atoms with van der Waals surface area (Å²) >= 11 is 3.44. The van der Waals surface area contributed by atoms with Crippen molar-refractivity contribution in [3.63, 3.8) is 0 Å². The number of hydrogen-bond acceptors (Lipinski definition) is 3. The largest absolute Gasteiger partial charge is 0.493 e. The highest BCUT2D eigenvalue weighted by Crippen LogP contribution is 2.27. The van der Waals surface area contributed by atoms with Crippen molar-refractivity contribution < 1.29 is 14.3 Å². The van der Waals surface area contributed by atoms with E-state index >= 15 is 0 Å². The highest BCUT2D eigenvalue weighted by molar-refractivity contribution is 9.09. The Hall–Kier alpha value is -1.23. The van der Waals surface area contributed by atoms with Gasteiger partial charge in [0.25, 0.3) is 5.91 Å². The van der Waals surface area contributed by atoms with Gasteiger partial charge in [-0.05, 0) is 30.5 Å². The zero-order chi connectivity index (χ0) is 15.1. The molecule has 112 valence electrons. The fraction of sp³-hybridized carbons (Fsp3) is 0.533. The monoisotopic (exact) mass is 343 g/mol. The first-order valence-corrected chi connectivity index (χ1v) is 7.72. The van der Waals surface area contributed by atoms with E-state index in [1.807, 2.05) is 0 Å². The van der Waals surface area contributed by atoms with Crippen LogP contribution >= 0.6 is 15.9 Å². The highest BCUT2D eigenvalue weighted by Gasteiger charge is 2.15. The van der Waals surface area contributed by atoms with E-state index in [1.165, 1.54) is 0 Å². The summed E-state index contributed by atoms with van der Waals surface area (Å²) in [6.45, 7) is 4.27. The predicted octanol–water partition coefficient (Wildman–Crippen LogP) is 3.24. The van der Waals surface area contributed by atoms with Gasteiger partial charge in [-0.1, -0.05) is 29.8 Å². The second kappa shape index (κ2) is 8.15. The Morgan fingerprint density at radius 3 is 2.40 bits per heavy atom. The van der Waals surface area contributed by atoms with E-state index in [4.69, 9.17) is 9.47 Å². The molecule has 0 aliphatic rings. The first kappa shape index (κ1) is 16.8. The van der Waals surface area contributed by atoms with Gasteiger partial charge >= 0.3 is 0 Å². The number of methoxy groups -OCH3 is 2. The number of benzene rings is 1. The van der Waals surface area contributed by atoms with Crippen LogP contribution in [0.2, 0.25) is 0 Å². The van der Waals surface area contributed by atoms with Crippen LogP contribution in [0, 0.1) is 5.92 Å². The number of carbonyl (C=O) groups excluding carboxylic acids is 1. The number of amides is 1. The summed E-state index contributed by atoms with van der Waals surface area (Å²) in [6.07, 6.45) is 0.935. The third-order valence-electron chi connectivity index (χ3n) is 2.92. The third-order valence-corrected chi connectivity index (χ3v) is 3.70. The topological polar surface area (TPSA) is 47.6 Å². The van der Waals surface area contributed by atoms with Crippen molar-refractivity contribution in [3.05, 3.63) is 23.8 Å². The lowest BCUT2D eigenvalue weighted by Gasteiger charge is -2.18. The van der Waals surface area contributed by atoms with Crippen molar-refractivity contribution in [2.75, 3.05) is 19.5 Å². The van der Waals surface area contributed by atoms with Crippen molar-refractivity contribution >= 4 is 21.8 Å². The van der Waals surface area contributed by atoms with E-state index in [0.717, 1.165) is 11.8 Å². The van der Waals surface area contributed by atoms with E-state index in [0.29, 0.717) is 23.0 Å². The number of halogens is 1. The fourth-order valence-corrected chi connectivity index (χ4v) is 2.40. The number of hydrogen-bond donors (Lipinski definition) is 1. The number of ether oxygens (including phenoxy) is 2. The molecule has 1 unspecified atom stereocenters. The van der Waals surface area contributed by atoms with Gasteiger partial charge in [-0.3, -0.25) is 4.79 Å². The van der Waals surface area contributed by atoms with Crippen molar-refractivity contribution in [3.8, 4) is 11.5 Å². The minimum absolute atomic E-state index is 0.101. The van der Waals surface area contributed by atoms with Gasteiger partial charge in [-0.25, -0.2) is 0 Å². The van der Waals surface area contributed by atoms with Gasteiger partial charge in [0.15, 0.2) is 11.5 Å². The maximum atomic E-state index is 12.2. The average molecular weight is 344 g/mol. The summed E-state index contributed by atoms with van der Waals surface area (Å²) in [6, 6.07) is 5.28. The van der Waals surface area contributed by atoms with Gasteiger partial charge < -0.3 is 14.8 Å². The lowest BCUT2D eigenvalue weighted by Crippen LogP contribution is -2.37. The molecule has 0 saturated carbocycles. The van der Waals surface area contributed by atoms with Crippen LogP contribution in [0.5, 0.6) is 11.5 Å². The van der Waals surface area contributed by atoms with E-state index in [1.54, 1.807) is 32.4 Å². The zero-order valence-corrected chi connectivity index (χ0v) is 14.0. The van der Waals surface area contributed by atoms with Crippen LogP contribution in [0.1, 0.15) is 30.6 Å². The Morgan fingerprint density at radius 1 is 1.25 bits per heavy atom.